The van der Waals surface area contributed by atoms with Gasteiger partial charge in [-0.3, -0.25) is 4.79 Å². The first kappa shape index (κ1) is 13.5. The van der Waals surface area contributed by atoms with Crippen molar-refractivity contribution < 1.29 is 4.79 Å². The van der Waals surface area contributed by atoms with Crippen LogP contribution in [0.4, 0.5) is 5.69 Å². The minimum Gasteiger partial charge on any atom is -0.324 e. The van der Waals surface area contributed by atoms with Gasteiger partial charge in [-0.25, -0.2) is 0 Å². The second-order valence-electron chi connectivity index (χ2n) is 5.03. The van der Waals surface area contributed by atoms with E-state index < -0.39 is 5.41 Å². The standard InChI is InChI=1S/C16H13Cl2NO/c17-12-6-7-13(18)14(10-12)19-15(20)16(8-9-16)11-4-2-1-3-5-11/h1-7,10H,8-9H2,(H,19,20). The molecule has 0 radical (unpaired) electrons. The molecule has 0 heterocycles. The summed E-state index contributed by atoms with van der Waals surface area (Å²) in [4.78, 5) is 12.5. The molecular weight excluding hydrogens is 293 g/mol. The molecule has 2 aromatic carbocycles. The summed E-state index contributed by atoms with van der Waals surface area (Å²) in [5, 5.41) is 3.94. The van der Waals surface area contributed by atoms with Crippen molar-refractivity contribution in [2.45, 2.75) is 18.3 Å². The molecule has 0 aliphatic heterocycles. The Hall–Kier alpha value is -1.51. The maximum absolute atomic E-state index is 12.5. The average Bonchev–Trinajstić information content (AvgIpc) is 3.25. The molecule has 102 valence electrons. The summed E-state index contributed by atoms with van der Waals surface area (Å²) in [6.07, 6.45) is 1.72. The minimum absolute atomic E-state index is 0.0205. The summed E-state index contributed by atoms with van der Waals surface area (Å²) in [7, 11) is 0. The number of carbonyl (C=O) groups is 1. The van der Waals surface area contributed by atoms with E-state index in [1.165, 1.54) is 0 Å². The largest absolute Gasteiger partial charge is 0.324 e. The van der Waals surface area contributed by atoms with Gasteiger partial charge in [-0.15, -0.1) is 0 Å². The first-order valence-electron chi connectivity index (χ1n) is 6.44. The molecule has 1 aliphatic rings. The van der Waals surface area contributed by atoms with Crippen LogP contribution in [0.25, 0.3) is 0 Å². The number of nitrogens with one attached hydrogen (secondary N) is 1. The van der Waals surface area contributed by atoms with Gasteiger partial charge in [-0.1, -0.05) is 53.5 Å². The summed E-state index contributed by atoms with van der Waals surface area (Å²) in [5.41, 5.74) is 1.20. The summed E-state index contributed by atoms with van der Waals surface area (Å²) in [5.74, 6) is -0.0205. The molecular formula is C16H13Cl2NO. The van der Waals surface area contributed by atoms with Crippen molar-refractivity contribution in [1.29, 1.82) is 0 Å². The van der Waals surface area contributed by atoms with Crippen molar-refractivity contribution in [1.82, 2.24) is 0 Å². The van der Waals surface area contributed by atoms with E-state index in [2.05, 4.69) is 5.32 Å². The monoisotopic (exact) mass is 305 g/mol. The van der Waals surface area contributed by atoms with Gasteiger partial charge < -0.3 is 5.32 Å². The van der Waals surface area contributed by atoms with E-state index in [4.69, 9.17) is 23.2 Å². The number of anilines is 1. The van der Waals surface area contributed by atoms with Gasteiger partial charge in [0, 0.05) is 5.02 Å². The molecule has 20 heavy (non-hydrogen) atoms. The quantitative estimate of drug-likeness (QED) is 0.877. The molecule has 3 rings (SSSR count). The molecule has 1 amide bonds. The maximum atomic E-state index is 12.5. The van der Waals surface area contributed by atoms with Crippen molar-refractivity contribution in [3.05, 3.63) is 64.1 Å². The van der Waals surface area contributed by atoms with E-state index in [0.717, 1.165) is 18.4 Å². The summed E-state index contributed by atoms with van der Waals surface area (Å²) in [6, 6.07) is 14.9. The van der Waals surface area contributed by atoms with Crippen LogP contribution in [0.2, 0.25) is 10.0 Å². The van der Waals surface area contributed by atoms with Crippen LogP contribution in [0.3, 0.4) is 0 Å². The van der Waals surface area contributed by atoms with Gasteiger partial charge in [0.05, 0.1) is 16.1 Å². The number of rotatable bonds is 3. The smallest absolute Gasteiger partial charge is 0.235 e. The lowest BCUT2D eigenvalue weighted by molar-refractivity contribution is -0.118. The van der Waals surface area contributed by atoms with Crippen molar-refractivity contribution in [3.8, 4) is 0 Å². The third kappa shape index (κ3) is 2.41. The van der Waals surface area contributed by atoms with Gasteiger partial charge in [0.1, 0.15) is 0 Å². The predicted molar refractivity (Wildman–Crippen MR) is 82.4 cm³/mol. The summed E-state index contributed by atoms with van der Waals surface area (Å²) >= 11 is 12.0. The highest BCUT2D eigenvalue weighted by atomic mass is 35.5. The Kier molecular flexibility index (Phi) is 3.45. The zero-order chi connectivity index (χ0) is 14.2. The number of hydrogen-bond donors (Lipinski definition) is 1. The predicted octanol–water partition coefficient (Wildman–Crippen LogP) is 4.66. The van der Waals surface area contributed by atoms with Crippen LogP contribution in [0.15, 0.2) is 48.5 Å². The Morgan fingerprint density at radius 2 is 1.75 bits per heavy atom. The van der Waals surface area contributed by atoms with Crippen LogP contribution in [0.5, 0.6) is 0 Å². The fraction of sp³-hybridized carbons (Fsp3) is 0.188. The van der Waals surface area contributed by atoms with E-state index in [9.17, 15) is 4.79 Å². The second kappa shape index (κ2) is 5.12. The Morgan fingerprint density at radius 1 is 1.05 bits per heavy atom. The van der Waals surface area contributed by atoms with Gasteiger partial charge in [0.15, 0.2) is 0 Å². The molecule has 1 aliphatic carbocycles. The number of amides is 1. The number of carbonyl (C=O) groups excluding carboxylic acids is 1. The number of halogens is 2. The third-order valence-electron chi connectivity index (χ3n) is 3.69. The molecule has 0 unspecified atom stereocenters. The van der Waals surface area contributed by atoms with Gasteiger partial charge in [0.2, 0.25) is 5.91 Å². The van der Waals surface area contributed by atoms with Crippen LogP contribution in [0, 0.1) is 0 Å². The minimum atomic E-state index is -0.410. The van der Waals surface area contributed by atoms with Crippen molar-refractivity contribution in [2.24, 2.45) is 0 Å². The van der Waals surface area contributed by atoms with Gasteiger partial charge in [0.25, 0.3) is 0 Å². The third-order valence-corrected chi connectivity index (χ3v) is 4.25. The van der Waals surface area contributed by atoms with Gasteiger partial charge >= 0.3 is 0 Å². The summed E-state index contributed by atoms with van der Waals surface area (Å²) in [6.45, 7) is 0. The van der Waals surface area contributed by atoms with Crippen molar-refractivity contribution in [2.75, 3.05) is 5.32 Å². The Balaban J connectivity index is 1.85. The van der Waals surface area contributed by atoms with E-state index >= 15 is 0 Å². The van der Waals surface area contributed by atoms with Gasteiger partial charge in [-0.05, 0) is 36.6 Å². The lowest BCUT2D eigenvalue weighted by atomic mass is 9.95. The molecule has 4 heteroatoms. The second-order valence-corrected chi connectivity index (χ2v) is 5.87. The first-order chi connectivity index (χ1) is 9.62. The van der Waals surface area contributed by atoms with Crippen LogP contribution in [0.1, 0.15) is 18.4 Å². The van der Waals surface area contributed by atoms with E-state index in [1.54, 1.807) is 18.2 Å². The Labute approximate surface area is 127 Å². The van der Waals surface area contributed by atoms with E-state index in [-0.39, 0.29) is 5.91 Å². The molecule has 1 N–H and O–H groups in total. The molecule has 0 bridgehead atoms. The molecule has 0 spiro atoms. The lowest BCUT2D eigenvalue weighted by Gasteiger charge is -2.16. The van der Waals surface area contributed by atoms with Crippen LogP contribution in [-0.2, 0) is 10.2 Å². The first-order valence-corrected chi connectivity index (χ1v) is 7.19. The highest BCUT2D eigenvalue weighted by Crippen LogP contribution is 2.49. The lowest BCUT2D eigenvalue weighted by Crippen LogP contribution is -2.27. The molecule has 1 fully saturated rings. The summed E-state index contributed by atoms with van der Waals surface area (Å²) < 4.78 is 0. The zero-order valence-corrected chi connectivity index (χ0v) is 12.2. The highest BCUT2D eigenvalue weighted by molar-refractivity contribution is 6.35. The van der Waals surface area contributed by atoms with Crippen molar-refractivity contribution in [3.63, 3.8) is 0 Å². The zero-order valence-electron chi connectivity index (χ0n) is 10.7. The molecule has 2 aromatic rings. The topological polar surface area (TPSA) is 29.1 Å². The average molecular weight is 306 g/mol. The Morgan fingerprint density at radius 3 is 2.40 bits per heavy atom. The fourth-order valence-corrected chi connectivity index (χ4v) is 2.70. The fourth-order valence-electron chi connectivity index (χ4n) is 2.36. The molecule has 2 nitrogen and oxygen atoms in total. The van der Waals surface area contributed by atoms with Crippen LogP contribution >= 0.6 is 23.2 Å². The molecule has 0 aromatic heterocycles. The van der Waals surface area contributed by atoms with Gasteiger partial charge in [-0.2, -0.15) is 0 Å². The number of benzene rings is 2. The molecule has 1 saturated carbocycles. The highest BCUT2D eigenvalue weighted by Gasteiger charge is 2.51. The van der Waals surface area contributed by atoms with Crippen LogP contribution < -0.4 is 5.32 Å². The maximum Gasteiger partial charge on any atom is 0.235 e. The van der Waals surface area contributed by atoms with E-state index in [1.807, 2.05) is 30.3 Å². The molecule has 0 atom stereocenters. The SMILES string of the molecule is O=C(Nc1cc(Cl)ccc1Cl)C1(c2ccccc2)CC1. The van der Waals surface area contributed by atoms with E-state index in [0.29, 0.717) is 15.7 Å². The molecule has 0 saturated heterocycles. The Bertz CT molecular complexity index is 651. The van der Waals surface area contributed by atoms with Crippen LogP contribution in [-0.4, -0.2) is 5.91 Å². The van der Waals surface area contributed by atoms with Crippen molar-refractivity contribution >= 4 is 34.8 Å². The normalized spacial score (nSPS) is 15.7. The number of hydrogen-bond acceptors (Lipinski definition) is 1.